The molecule has 0 bridgehead atoms. The Bertz CT molecular complexity index is 113. The van der Waals surface area contributed by atoms with Crippen molar-refractivity contribution in [1.82, 2.24) is 5.32 Å². The van der Waals surface area contributed by atoms with E-state index < -0.39 is 0 Å². The van der Waals surface area contributed by atoms with Crippen molar-refractivity contribution < 1.29 is 0 Å². The Kier molecular flexibility index (Phi) is 8.23. The number of nitrogens with one attached hydrogen (secondary N) is 1. The molecule has 0 amide bonds. The van der Waals surface area contributed by atoms with E-state index in [0.29, 0.717) is 6.04 Å². The van der Waals surface area contributed by atoms with E-state index in [1.807, 2.05) is 0 Å². The highest BCUT2D eigenvalue weighted by Gasteiger charge is 2.18. The van der Waals surface area contributed by atoms with Gasteiger partial charge in [0.05, 0.1) is 0 Å². The minimum atomic E-state index is 0. The molecule has 3 heteroatoms. The van der Waals surface area contributed by atoms with E-state index in [1.165, 1.54) is 32.1 Å². The molecule has 80 valence electrons. The molecule has 1 atom stereocenters. The molecule has 13 heavy (non-hydrogen) atoms. The van der Waals surface area contributed by atoms with Gasteiger partial charge in [0, 0.05) is 18.5 Å². The van der Waals surface area contributed by atoms with Crippen LogP contribution in [0.25, 0.3) is 0 Å². The Labute approximate surface area is 93.0 Å². The van der Waals surface area contributed by atoms with Crippen LogP contribution in [0, 0.1) is 5.92 Å². The van der Waals surface area contributed by atoms with Crippen molar-refractivity contribution in [3.63, 3.8) is 0 Å². The van der Waals surface area contributed by atoms with E-state index in [2.05, 4.69) is 12.2 Å². The van der Waals surface area contributed by atoms with E-state index in [9.17, 15) is 0 Å². The number of alkyl halides is 1. The van der Waals surface area contributed by atoms with Crippen LogP contribution in [0.5, 0.6) is 0 Å². The number of hydrogen-bond donors (Lipinski definition) is 1. The van der Waals surface area contributed by atoms with Gasteiger partial charge < -0.3 is 5.32 Å². The molecule has 1 nitrogen and oxygen atoms in total. The molecule has 1 N–H and O–H groups in total. The predicted octanol–water partition coefficient (Wildman–Crippen LogP) is 3.21. The van der Waals surface area contributed by atoms with Crippen LogP contribution < -0.4 is 5.32 Å². The lowest BCUT2D eigenvalue weighted by atomic mass is 9.84. The van der Waals surface area contributed by atoms with Crippen LogP contribution in [0.2, 0.25) is 0 Å². The molecular weight excluding hydrogens is 205 g/mol. The van der Waals surface area contributed by atoms with Gasteiger partial charge in [0.2, 0.25) is 0 Å². The van der Waals surface area contributed by atoms with Gasteiger partial charge in [0.1, 0.15) is 0 Å². The van der Waals surface area contributed by atoms with Gasteiger partial charge in [-0.25, -0.2) is 0 Å². The van der Waals surface area contributed by atoms with Gasteiger partial charge in [-0.15, -0.1) is 24.0 Å². The molecule has 1 fully saturated rings. The van der Waals surface area contributed by atoms with Crippen LogP contribution in [0.4, 0.5) is 0 Å². The molecule has 0 radical (unpaired) electrons. The molecule has 0 aromatic carbocycles. The summed E-state index contributed by atoms with van der Waals surface area (Å²) >= 11 is 5.62. The predicted molar refractivity (Wildman–Crippen MR) is 62.0 cm³/mol. The van der Waals surface area contributed by atoms with Crippen LogP contribution in [-0.4, -0.2) is 18.5 Å². The lowest BCUT2D eigenvalue weighted by Crippen LogP contribution is -2.35. The highest BCUT2D eigenvalue weighted by molar-refractivity contribution is 6.18. The van der Waals surface area contributed by atoms with Crippen LogP contribution in [0.15, 0.2) is 0 Å². The van der Waals surface area contributed by atoms with Crippen molar-refractivity contribution in [3.8, 4) is 0 Å². The monoisotopic (exact) mass is 225 g/mol. The van der Waals surface area contributed by atoms with Crippen molar-refractivity contribution in [3.05, 3.63) is 0 Å². The van der Waals surface area contributed by atoms with Gasteiger partial charge in [-0.3, -0.25) is 0 Å². The zero-order chi connectivity index (χ0) is 8.81. The third-order valence-corrected chi connectivity index (χ3v) is 3.11. The SMILES string of the molecule is CC(NCCCl)C1CCCCC1.Cl. The Balaban J connectivity index is 0.00000144. The molecule has 0 spiro atoms. The van der Waals surface area contributed by atoms with E-state index in [1.54, 1.807) is 0 Å². The highest BCUT2D eigenvalue weighted by Crippen LogP contribution is 2.26. The second-order valence-corrected chi connectivity index (χ2v) is 4.21. The fourth-order valence-corrected chi connectivity index (χ4v) is 2.19. The largest absolute Gasteiger partial charge is 0.313 e. The van der Waals surface area contributed by atoms with Crippen molar-refractivity contribution in [2.75, 3.05) is 12.4 Å². The van der Waals surface area contributed by atoms with Crippen LogP contribution in [0.3, 0.4) is 0 Å². The van der Waals surface area contributed by atoms with Crippen LogP contribution in [-0.2, 0) is 0 Å². The first-order valence-electron chi connectivity index (χ1n) is 5.14. The first kappa shape index (κ1) is 13.5. The first-order valence-corrected chi connectivity index (χ1v) is 5.67. The summed E-state index contributed by atoms with van der Waals surface area (Å²) in [6, 6.07) is 0.670. The third kappa shape index (κ3) is 5.09. The fourth-order valence-electron chi connectivity index (χ4n) is 2.08. The Morgan fingerprint density at radius 3 is 2.46 bits per heavy atom. The Hall–Kier alpha value is 0.540. The summed E-state index contributed by atoms with van der Waals surface area (Å²) in [6.45, 7) is 3.25. The Morgan fingerprint density at radius 1 is 1.31 bits per heavy atom. The molecular formula is C10H21Cl2N. The van der Waals surface area contributed by atoms with Crippen LogP contribution in [0.1, 0.15) is 39.0 Å². The smallest absolute Gasteiger partial charge is 0.0348 e. The number of halogens is 2. The fraction of sp³-hybridized carbons (Fsp3) is 1.00. The standard InChI is InChI=1S/C10H20ClN.ClH/c1-9(12-8-7-11)10-5-3-2-4-6-10;/h9-10,12H,2-8H2,1H3;1H. The molecule has 0 aromatic rings. The molecule has 1 aliphatic carbocycles. The summed E-state index contributed by atoms with van der Waals surface area (Å²) in [7, 11) is 0. The van der Waals surface area contributed by atoms with Crippen molar-refractivity contribution in [2.45, 2.75) is 45.1 Å². The van der Waals surface area contributed by atoms with E-state index in [4.69, 9.17) is 11.6 Å². The minimum Gasteiger partial charge on any atom is -0.313 e. The summed E-state index contributed by atoms with van der Waals surface area (Å²) in [5.74, 6) is 1.64. The first-order chi connectivity index (χ1) is 5.84. The van der Waals surface area contributed by atoms with Crippen LogP contribution >= 0.6 is 24.0 Å². The van der Waals surface area contributed by atoms with E-state index in [-0.39, 0.29) is 12.4 Å². The van der Waals surface area contributed by atoms with Crippen molar-refractivity contribution in [2.24, 2.45) is 5.92 Å². The number of hydrogen-bond acceptors (Lipinski definition) is 1. The van der Waals surface area contributed by atoms with E-state index >= 15 is 0 Å². The molecule has 0 heterocycles. The van der Waals surface area contributed by atoms with Gasteiger partial charge in [-0.05, 0) is 25.7 Å². The maximum atomic E-state index is 5.62. The zero-order valence-corrected chi connectivity index (χ0v) is 9.96. The lowest BCUT2D eigenvalue weighted by molar-refractivity contribution is 0.285. The maximum absolute atomic E-state index is 5.62. The second-order valence-electron chi connectivity index (χ2n) is 3.83. The molecule has 0 aliphatic heterocycles. The summed E-state index contributed by atoms with van der Waals surface area (Å²) in [5.41, 5.74) is 0. The van der Waals surface area contributed by atoms with Gasteiger partial charge in [0.15, 0.2) is 0 Å². The normalized spacial score (nSPS) is 20.8. The summed E-state index contributed by atoms with van der Waals surface area (Å²) in [4.78, 5) is 0. The molecule has 1 unspecified atom stereocenters. The lowest BCUT2D eigenvalue weighted by Gasteiger charge is -2.28. The van der Waals surface area contributed by atoms with Gasteiger partial charge in [0.25, 0.3) is 0 Å². The van der Waals surface area contributed by atoms with E-state index in [0.717, 1.165) is 18.3 Å². The molecule has 0 aromatic heterocycles. The zero-order valence-electron chi connectivity index (χ0n) is 8.39. The summed E-state index contributed by atoms with van der Waals surface area (Å²) < 4.78 is 0. The average Bonchev–Trinajstić information content (AvgIpc) is 2.15. The summed E-state index contributed by atoms with van der Waals surface area (Å²) in [5, 5.41) is 3.47. The quantitative estimate of drug-likeness (QED) is 0.726. The number of rotatable bonds is 4. The van der Waals surface area contributed by atoms with Gasteiger partial charge >= 0.3 is 0 Å². The maximum Gasteiger partial charge on any atom is 0.0348 e. The van der Waals surface area contributed by atoms with Gasteiger partial charge in [-0.2, -0.15) is 0 Å². The van der Waals surface area contributed by atoms with Gasteiger partial charge in [-0.1, -0.05) is 19.3 Å². The molecule has 1 aliphatic rings. The minimum absolute atomic E-state index is 0. The topological polar surface area (TPSA) is 12.0 Å². The van der Waals surface area contributed by atoms with Crippen molar-refractivity contribution >= 4 is 24.0 Å². The second kappa shape index (κ2) is 7.90. The third-order valence-electron chi connectivity index (χ3n) is 2.92. The molecule has 1 saturated carbocycles. The summed E-state index contributed by atoms with van der Waals surface area (Å²) in [6.07, 6.45) is 7.13. The Morgan fingerprint density at radius 2 is 1.92 bits per heavy atom. The molecule has 1 rings (SSSR count). The highest BCUT2D eigenvalue weighted by atomic mass is 35.5. The van der Waals surface area contributed by atoms with Crippen molar-refractivity contribution in [1.29, 1.82) is 0 Å². The molecule has 0 saturated heterocycles. The average molecular weight is 226 g/mol.